The van der Waals surface area contributed by atoms with Crippen molar-refractivity contribution in [3.8, 4) is 0 Å². The van der Waals surface area contributed by atoms with Crippen LogP contribution in [0.25, 0.3) is 0 Å². The van der Waals surface area contributed by atoms with Crippen molar-refractivity contribution in [2.45, 2.75) is 13.0 Å². The monoisotopic (exact) mass is 307 g/mol. The summed E-state index contributed by atoms with van der Waals surface area (Å²) in [6.07, 6.45) is 0. The predicted molar refractivity (Wildman–Crippen MR) is 77.5 cm³/mol. The maximum atomic E-state index is 12.9. The molecule has 7 heteroatoms. The summed E-state index contributed by atoms with van der Waals surface area (Å²) >= 11 is 0. The number of halogens is 1. The van der Waals surface area contributed by atoms with E-state index in [0.717, 1.165) is 0 Å². The first-order chi connectivity index (χ1) is 10.4. The summed E-state index contributed by atoms with van der Waals surface area (Å²) in [5, 5.41) is 2.51. The number of hydrogen-bond acceptors (Lipinski definition) is 3. The summed E-state index contributed by atoms with van der Waals surface area (Å²) in [6, 6.07) is 4.54. The van der Waals surface area contributed by atoms with Crippen molar-refractivity contribution >= 4 is 17.7 Å². The van der Waals surface area contributed by atoms with E-state index in [1.165, 1.54) is 48.0 Å². The van der Waals surface area contributed by atoms with Gasteiger partial charge in [-0.15, -0.1) is 0 Å². The normalized spacial score (nSPS) is 18.0. The lowest BCUT2D eigenvalue weighted by atomic mass is 10.1. The number of nitrogens with zero attached hydrogens (tertiary/aromatic N) is 2. The number of likely N-dealkylation sites (N-methyl/N-ethyl adjacent to an activating group) is 1. The number of amides is 3. The van der Waals surface area contributed by atoms with Crippen LogP contribution < -0.4 is 5.32 Å². The minimum Gasteiger partial charge on any atom is -0.357 e. The quantitative estimate of drug-likeness (QED) is 0.851. The van der Waals surface area contributed by atoms with Gasteiger partial charge < -0.3 is 15.1 Å². The van der Waals surface area contributed by atoms with Crippen LogP contribution in [0.4, 0.5) is 4.39 Å². The number of nitrogens with one attached hydrogen (secondary N) is 1. The minimum absolute atomic E-state index is 0.120. The van der Waals surface area contributed by atoms with Gasteiger partial charge in [0.2, 0.25) is 11.8 Å². The number of carbonyl (C=O) groups is 3. The van der Waals surface area contributed by atoms with Crippen LogP contribution in [-0.4, -0.2) is 60.2 Å². The average Bonchev–Trinajstić information content (AvgIpc) is 2.53. The van der Waals surface area contributed by atoms with Crippen LogP contribution in [-0.2, 0) is 9.59 Å². The van der Waals surface area contributed by atoms with Crippen molar-refractivity contribution in [1.29, 1.82) is 0 Å². The zero-order valence-electron chi connectivity index (χ0n) is 12.5. The fourth-order valence-electron chi connectivity index (χ4n) is 2.51. The molecule has 0 bridgehead atoms. The number of benzene rings is 1. The molecule has 1 saturated heterocycles. The van der Waals surface area contributed by atoms with Crippen LogP contribution in [0.1, 0.15) is 17.3 Å². The molecule has 1 unspecified atom stereocenters. The Morgan fingerprint density at radius 2 is 1.82 bits per heavy atom. The van der Waals surface area contributed by atoms with Gasteiger partial charge in [0.25, 0.3) is 5.91 Å². The molecule has 1 heterocycles. The lowest BCUT2D eigenvalue weighted by molar-refractivity contribution is -0.141. The highest BCUT2D eigenvalue weighted by Crippen LogP contribution is 2.14. The third-order valence-electron chi connectivity index (χ3n) is 3.71. The average molecular weight is 307 g/mol. The van der Waals surface area contributed by atoms with E-state index < -0.39 is 11.9 Å². The van der Waals surface area contributed by atoms with Crippen molar-refractivity contribution in [3.05, 3.63) is 35.6 Å². The lowest BCUT2D eigenvalue weighted by Crippen LogP contribution is -2.60. The molecule has 2 rings (SSSR count). The zero-order valence-corrected chi connectivity index (χ0v) is 12.5. The predicted octanol–water partition coefficient (Wildman–Crippen LogP) is 0.245. The van der Waals surface area contributed by atoms with Gasteiger partial charge in [-0.1, -0.05) is 0 Å². The molecule has 118 valence electrons. The van der Waals surface area contributed by atoms with Crippen LogP contribution in [0.5, 0.6) is 0 Å². The van der Waals surface area contributed by atoms with Gasteiger partial charge in [-0.05, 0) is 24.3 Å². The second kappa shape index (κ2) is 6.55. The number of piperazine rings is 1. The molecule has 0 aliphatic carbocycles. The van der Waals surface area contributed by atoms with Gasteiger partial charge >= 0.3 is 0 Å². The Morgan fingerprint density at radius 1 is 1.18 bits per heavy atom. The van der Waals surface area contributed by atoms with E-state index in [2.05, 4.69) is 5.32 Å². The van der Waals surface area contributed by atoms with Crippen LogP contribution in [0.15, 0.2) is 24.3 Å². The summed E-state index contributed by atoms with van der Waals surface area (Å²) in [6.45, 7) is 2.15. The summed E-state index contributed by atoms with van der Waals surface area (Å²) < 4.78 is 12.9. The van der Waals surface area contributed by atoms with E-state index in [-0.39, 0.29) is 24.3 Å². The highest BCUT2D eigenvalue weighted by atomic mass is 19.1. The molecule has 0 saturated carbocycles. The second-order valence-electron chi connectivity index (χ2n) is 5.10. The van der Waals surface area contributed by atoms with Gasteiger partial charge in [-0.25, -0.2) is 4.39 Å². The molecule has 1 atom stereocenters. The van der Waals surface area contributed by atoms with E-state index in [4.69, 9.17) is 0 Å². The lowest BCUT2D eigenvalue weighted by Gasteiger charge is -2.40. The highest BCUT2D eigenvalue weighted by molar-refractivity contribution is 5.95. The van der Waals surface area contributed by atoms with Crippen molar-refractivity contribution < 1.29 is 18.8 Å². The molecule has 1 aromatic carbocycles. The standard InChI is InChI=1S/C15H18FN3O3/c1-10(20)19-8-7-18(9-13(19)14(21)17-2)15(22)11-3-5-12(16)6-4-11/h3-6,13H,7-9H2,1-2H3,(H,17,21). The van der Waals surface area contributed by atoms with Crippen LogP contribution in [0.3, 0.4) is 0 Å². The minimum atomic E-state index is -0.708. The summed E-state index contributed by atoms with van der Waals surface area (Å²) in [7, 11) is 1.49. The molecule has 1 aromatic rings. The first-order valence-electron chi connectivity index (χ1n) is 6.97. The van der Waals surface area contributed by atoms with Crippen molar-refractivity contribution in [3.63, 3.8) is 0 Å². The van der Waals surface area contributed by atoms with E-state index >= 15 is 0 Å². The first kappa shape index (κ1) is 15.9. The third kappa shape index (κ3) is 3.24. The SMILES string of the molecule is CNC(=O)C1CN(C(=O)c2ccc(F)cc2)CCN1C(C)=O. The van der Waals surface area contributed by atoms with Crippen LogP contribution >= 0.6 is 0 Å². The van der Waals surface area contributed by atoms with Crippen LogP contribution in [0, 0.1) is 5.82 Å². The van der Waals surface area contributed by atoms with Crippen molar-refractivity contribution in [2.75, 3.05) is 26.7 Å². The van der Waals surface area contributed by atoms with E-state index in [0.29, 0.717) is 18.7 Å². The van der Waals surface area contributed by atoms with Gasteiger partial charge in [-0.2, -0.15) is 0 Å². The number of carbonyl (C=O) groups excluding carboxylic acids is 3. The Labute approximate surface area is 127 Å². The molecule has 1 N–H and O–H groups in total. The maximum Gasteiger partial charge on any atom is 0.254 e. The molecule has 0 radical (unpaired) electrons. The van der Waals surface area contributed by atoms with Crippen molar-refractivity contribution in [2.24, 2.45) is 0 Å². The fourth-order valence-corrected chi connectivity index (χ4v) is 2.51. The van der Waals surface area contributed by atoms with E-state index in [9.17, 15) is 18.8 Å². The molecule has 1 aliphatic heterocycles. The fraction of sp³-hybridized carbons (Fsp3) is 0.400. The Kier molecular flexibility index (Phi) is 4.75. The second-order valence-corrected chi connectivity index (χ2v) is 5.10. The number of hydrogen-bond donors (Lipinski definition) is 1. The first-order valence-corrected chi connectivity index (χ1v) is 6.97. The molecule has 0 aromatic heterocycles. The van der Waals surface area contributed by atoms with Crippen LogP contribution in [0.2, 0.25) is 0 Å². The van der Waals surface area contributed by atoms with E-state index in [1.807, 2.05) is 0 Å². The maximum absolute atomic E-state index is 12.9. The van der Waals surface area contributed by atoms with Gasteiger partial charge in [0.1, 0.15) is 11.9 Å². The Bertz CT molecular complexity index is 588. The third-order valence-corrected chi connectivity index (χ3v) is 3.71. The largest absolute Gasteiger partial charge is 0.357 e. The van der Waals surface area contributed by atoms with Gasteiger partial charge in [0.15, 0.2) is 0 Å². The summed E-state index contributed by atoms with van der Waals surface area (Å²) in [5.41, 5.74) is 0.355. The highest BCUT2D eigenvalue weighted by Gasteiger charge is 2.35. The Balaban J connectivity index is 2.16. The smallest absolute Gasteiger partial charge is 0.254 e. The zero-order chi connectivity index (χ0) is 16.3. The molecular weight excluding hydrogens is 289 g/mol. The summed E-state index contributed by atoms with van der Waals surface area (Å²) in [4.78, 5) is 38.9. The molecule has 3 amide bonds. The summed E-state index contributed by atoms with van der Waals surface area (Å²) in [5.74, 6) is -1.22. The van der Waals surface area contributed by atoms with Gasteiger partial charge in [0.05, 0.1) is 6.54 Å². The molecule has 1 fully saturated rings. The Morgan fingerprint density at radius 3 is 2.36 bits per heavy atom. The number of rotatable bonds is 2. The Hall–Kier alpha value is -2.44. The molecule has 1 aliphatic rings. The molecule has 22 heavy (non-hydrogen) atoms. The molecular formula is C15H18FN3O3. The molecule has 6 nitrogen and oxygen atoms in total. The van der Waals surface area contributed by atoms with Gasteiger partial charge in [0, 0.05) is 32.6 Å². The van der Waals surface area contributed by atoms with Gasteiger partial charge in [-0.3, -0.25) is 14.4 Å². The molecule has 0 spiro atoms. The van der Waals surface area contributed by atoms with E-state index in [1.54, 1.807) is 0 Å². The topological polar surface area (TPSA) is 69.7 Å². The van der Waals surface area contributed by atoms with Crippen molar-refractivity contribution in [1.82, 2.24) is 15.1 Å².